The average molecular weight is 401 g/mol. The molecule has 3 rings (SSSR count). The normalized spacial score (nSPS) is 10.9. The van der Waals surface area contributed by atoms with Gasteiger partial charge in [-0.15, -0.1) is 0 Å². The van der Waals surface area contributed by atoms with E-state index in [2.05, 4.69) is 15.6 Å². The Balaban J connectivity index is 1.81. The van der Waals surface area contributed by atoms with Crippen LogP contribution in [0.2, 0.25) is 0 Å². The van der Waals surface area contributed by atoms with Crippen molar-refractivity contribution in [1.29, 1.82) is 0 Å². The van der Waals surface area contributed by atoms with E-state index in [1.807, 2.05) is 43.3 Å². The standard InChI is InChI=1S/C24H23N3O3/c1-17-3-7-20(8-4-17)23(28)27-22(15-18-5-9-21(30-2)10-6-18)24(29)26-16-19-11-13-25-14-12-19/h3-15H,16H2,1-2H3,(H,26,29)(H,27,28). The van der Waals surface area contributed by atoms with Crippen molar-refractivity contribution in [1.82, 2.24) is 15.6 Å². The lowest BCUT2D eigenvalue weighted by Gasteiger charge is -2.12. The second-order valence-corrected chi connectivity index (χ2v) is 6.69. The van der Waals surface area contributed by atoms with E-state index in [-0.39, 0.29) is 17.5 Å². The second kappa shape index (κ2) is 10.0. The highest BCUT2D eigenvalue weighted by Crippen LogP contribution is 2.14. The van der Waals surface area contributed by atoms with Gasteiger partial charge in [-0.1, -0.05) is 29.8 Å². The number of nitrogens with zero attached hydrogens (tertiary/aromatic N) is 1. The van der Waals surface area contributed by atoms with E-state index in [0.29, 0.717) is 17.9 Å². The van der Waals surface area contributed by atoms with Gasteiger partial charge in [0.25, 0.3) is 11.8 Å². The first-order valence-electron chi connectivity index (χ1n) is 9.46. The monoisotopic (exact) mass is 401 g/mol. The van der Waals surface area contributed by atoms with Crippen molar-refractivity contribution in [2.75, 3.05) is 7.11 Å². The molecule has 6 heteroatoms. The fourth-order valence-corrected chi connectivity index (χ4v) is 2.70. The number of methoxy groups -OCH3 is 1. The lowest BCUT2D eigenvalue weighted by Crippen LogP contribution is -2.34. The van der Waals surface area contributed by atoms with Crippen molar-refractivity contribution in [3.63, 3.8) is 0 Å². The number of pyridine rings is 1. The Kier molecular flexibility index (Phi) is 6.95. The number of aromatic nitrogens is 1. The maximum Gasteiger partial charge on any atom is 0.268 e. The molecule has 152 valence electrons. The van der Waals surface area contributed by atoms with E-state index in [0.717, 1.165) is 16.7 Å². The van der Waals surface area contributed by atoms with Gasteiger partial charge in [-0.3, -0.25) is 14.6 Å². The Hall–Kier alpha value is -3.93. The quantitative estimate of drug-likeness (QED) is 0.594. The highest BCUT2D eigenvalue weighted by atomic mass is 16.5. The summed E-state index contributed by atoms with van der Waals surface area (Å²) in [6.45, 7) is 2.27. The number of carbonyl (C=O) groups excluding carboxylic acids is 2. The number of nitrogens with one attached hydrogen (secondary N) is 2. The minimum atomic E-state index is -0.386. The molecule has 2 aromatic carbocycles. The molecule has 0 saturated heterocycles. The first-order chi connectivity index (χ1) is 14.5. The van der Waals surface area contributed by atoms with Gasteiger partial charge in [-0.2, -0.15) is 0 Å². The molecule has 0 aliphatic carbocycles. The fraction of sp³-hybridized carbons (Fsp3) is 0.125. The Morgan fingerprint density at radius 2 is 1.63 bits per heavy atom. The molecule has 0 aliphatic heterocycles. The summed E-state index contributed by atoms with van der Waals surface area (Å²) >= 11 is 0. The largest absolute Gasteiger partial charge is 0.497 e. The number of aryl methyl sites for hydroxylation is 1. The van der Waals surface area contributed by atoms with Crippen LogP contribution in [0.15, 0.2) is 78.8 Å². The Labute approximate surface area is 175 Å². The molecule has 0 atom stereocenters. The average Bonchev–Trinajstić information content (AvgIpc) is 2.78. The molecule has 3 aromatic rings. The second-order valence-electron chi connectivity index (χ2n) is 6.69. The van der Waals surface area contributed by atoms with E-state index in [1.54, 1.807) is 49.8 Å². The summed E-state index contributed by atoms with van der Waals surface area (Å²) in [6.07, 6.45) is 4.96. The van der Waals surface area contributed by atoms with Crippen molar-refractivity contribution in [3.8, 4) is 5.75 Å². The highest BCUT2D eigenvalue weighted by molar-refractivity contribution is 6.05. The summed E-state index contributed by atoms with van der Waals surface area (Å²) in [5.41, 5.74) is 3.35. The van der Waals surface area contributed by atoms with Crippen molar-refractivity contribution in [3.05, 3.63) is 101 Å². The van der Waals surface area contributed by atoms with Gasteiger partial charge < -0.3 is 15.4 Å². The van der Waals surface area contributed by atoms with E-state index >= 15 is 0 Å². The molecule has 30 heavy (non-hydrogen) atoms. The van der Waals surface area contributed by atoms with Crippen LogP contribution in [-0.2, 0) is 11.3 Å². The third kappa shape index (κ3) is 5.78. The Morgan fingerprint density at radius 1 is 0.967 bits per heavy atom. The van der Waals surface area contributed by atoms with Crippen LogP contribution in [0.4, 0.5) is 0 Å². The van der Waals surface area contributed by atoms with Gasteiger partial charge in [0, 0.05) is 24.5 Å². The molecule has 0 radical (unpaired) electrons. The summed E-state index contributed by atoms with van der Waals surface area (Å²) in [7, 11) is 1.59. The lowest BCUT2D eigenvalue weighted by molar-refractivity contribution is -0.117. The fourth-order valence-electron chi connectivity index (χ4n) is 2.70. The van der Waals surface area contributed by atoms with Crippen LogP contribution in [0, 0.1) is 6.92 Å². The third-order valence-electron chi connectivity index (χ3n) is 4.44. The summed E-state index contributed by atoms with van der Waals surface area (Å²) in [4.78, 5) is 29.5. The molecule has 0 bridgehead atoms. The maximum atomic E-state index is 12.8. The summed E-state index contributed by atoms with van der Waals surface area (Å²) in [5.74, 6) is -0.0311. The lowest BCUT2D eigenvalue weighted by atomic mass is 10.1. The van der Waals surface area contributed by atoms with E-state index in [4.69, 9.17) is 4.74 Å². The summed E-state index contributed by atoms with van der Waals surface area (Å²) < 4.78 is 5.17. The van der Waals surface area contributed by atoms with Gasteiger partial charge in [0.05, 0.1) is 7.11 Å². The zero-order valence-electron chi connectivity index (χ0n) is 16.9. The predicted octanol–water partition coefficient (Wildman–Crippen LogP) is 3.49. The maximum absolute atomic E-state index is 12.8. The molecule has 0 fully saturated rings. The molecule has 2 amide bonds. The van der Waals surface area contributed by atoms with Crippen LogP contribution >= 0.6 is 0 Å². The van der Waals surface area contributed by atoms with Gasteiger partial charge >= 0.3 is 0 Å². The van der Waals surface area contributed by atoms with Gasteiger partial charge in [0.2, 0.25) is 0 Å². The molecular weight excluding hydrogens is 378 g/mol. The van der Waals surface area contributed by atoms with Crippen LogP contribution in [-0.4, -0.2) is 23.9 Å². The third-order valence-corrected chi connectivity index (χ3v) is 4.44. The number of hydrogen-bond acceptors (Lipinski definition) is 4. The van der Waals surface area contributed by atoms with Crippen LogP contribution in [0.1, 0.15) is 27.0 Å². The molecule has 6 nitrogen and oxygen atoms in total. The van der Waals surface area contributed by atoms with Crippen molar-refractivity contribution in [2.24, 2.45) is 0 Å². The first kappa shape index (κ1) is 20.8. The minimum Gasteiger partial charge on any atom is -0.497 e. The zero-order chi connectivity index (χ0) is 21.3. The van der Waals surface area contributed by atoms with Gasteiger partial charge in [-0.05, 0) is 60.5 Å². The number of ether oxygens (including phenoxy) is 1. The highest BCUT2D eigenvalue weighted by Gasteiger charge is 2.14. The minimum absolute atomic E-state index is 0.153. The molecule has 0 saturated carbocycles. The van der Waals surface area contributed by atoms with E-state index in [9.17, 15) is 9.59 Å². The number of hydrogen-bond donors (Lipinski definition) is 2. The molecular formula is C24H23N3O3. The number of amides is 2. The first-order valence-corrected chi connectivity index (χ1v) is 9.46. The molecule has 1 heterocycles. The summed E-state index contributed by atoms with van der Waals surface area (Å²) in [5, 5.41) is 5.57. The predicted molar refractivity (Wildman–Crippen MR) is 116 cm³/mol. The SMILES string of the molecule is COc1ccc(C=C(NC(=O)c2ccc(C)cc2)C(=O)NCc2ccncc2)cc1. The van der Waals surface area contributed by atoms with Crippen LogP contribution < -0.4 is 15.4 Å². The van der Waals surface area contributed by atoms with E-state index < -0.39 is 0 Å². The van der Waals surface area contributed by atoms with Gasteiger partial charge in [0.15, 0.2) is 0 Å². The van der Waals surface area contributed by atoms with Crippen LogP contribution in [0.5, 0.6) is 5.75 Å². The molecule has 0 aliphatic rings. The Morgan fingerprint density at radius 3 is 2.27 bits per heavy atom. The molecule has 1 aromatic heterocycles. The van der Waals surface area contributed by atoms with Gasteiger partial charge in [0.1, 0.15) is 11.4 Å². The number of rotatable bonds is 7. The van der Waals surface area contributed by atoms with Crippen LogP contribution in [0.25, 0.3) is 6.08 Å². The van der Waals surface area contributed by atoms with Crippen molar-refractivity contribution in [2.45, 2.75) is 13.5 Å². The van der Waals surface area contributed by atoms with Gasteiger partial charge in [-0.25, -0.2) is 0 Å². The molecule has 0 unspecified atom stereocenters. The molecule has 2 N–H and O–H groups in total. The smallest absolute Gasteiger partial charge is 0.268 e. The number of benzene rings is 2. The zero-order valence-corrected chi connectivity index (χ0v) is 16.9. The number of carbonyl (C=O) groups is 2. The van der Waals surface area contributed by atoms with Crippen LogP contribution in [0.3, 0.4) is 0 Å². The van der Waals surface area contributed by atoms with E-state index in [1.165, 1.54) is 0 Å². The van der Waals surface area contributed by atoms with Crippen molar-refractivity contribution < 1.29 is 14.3 Å². The van der Waals surface area contributed by atoms with Crippen molar-refractivity contribution >= 4 is 17.9 Å². The molecule has 0 spiro atoms. The topological polar surface area (TPSA) is 80.3 Å². The Bertz CT molecular complexity index is 1030. The summed E-state index contributed by atoms with van der Waals surface area (Å²) in [6, 6.07) is 18.0.